The van der Waals surface area contributed by atoms with E-state index in [1.165, 1.54) is 5.56 Å². The zero-order chi connectivity index (χ0) is 14.4. The van der Waals surface area contributed by atoms with Gasteiger partial charge in [0.2, 0.25) is 0 Å². The Morgan fingerprint density at radius 1 is 1.35 bits per heavy atom. The number of hydrogen-bond acceptors (Lipinski definition) is 2. The summed E-state index contributed by atoms with van der Waals surface area (Å²) < 4.78 is 1.82. The number of nitrogens with zero attached hydrogens (tertiary/aromatic N) is 2. The molecule has 20 heavy (non-hydrogen) atoms. The fourth-order valence-corrected chi connectivity index (χ4v) is 2.09. The van der Waals surface area contributed by atoms with E-state index in [1.807, 2.05) is 35.1 Å². The number of thiocarbonyl (C=S) groups is 1. The van der Waals surface area contributed by atoms with Crippen LogP contribution in [0.25, 0.3) is 0 Å². The summed E-state index contributed by atoms with van der Waals surface area (Å²) in [6.07, 6.45) is 4.37. The third-order valence-electron chi connectivity index (χ3n) is 2.76. The summed E-state index contributed by atoms with van der Waals surface area (Å²) in [4.78, 5) is 0. The minimum absolute atomic E-state index is 0.632. The van der Waals surface area contributed by atoms with Crippen LogP contribution >= 0.6 is 23.8 Å². The Labute approximate surface area is 129 Å². The van der Waals surface area contributed by atoms with Gasteiger partial charge >= 0.3 is 0 Å². The number of hydrogen-bond donors (Lipinski definition) is 2. The Hall–Kier alpha value is -1.59. The molecule has 0 aliphatic rings. The predicted octanol–water partition coefficient (Wildman–Crippen LogP) is 3.22. The molecule has 2 rings (SSSR count). The quantitative estimate of drug-likeness (QED) is 0.657. The largest absolute Gasteiger partial charge is 0.362 e. The molecule has 106 valence electrons. The molecule has 4 nitrogen and oxygen atoms in total. The van der Waals surface area contributed by atoms with Crippen LogP contribution in [-0.4, -0.2) is 21.4 Å². The molecule has 0 atom stereocenters. The van der Waals surface area contributed by atoms with Gasteiger partial charge in [-0.05, 0) is 37.7 Å². The van der Waals surface area contributed by atoms with Crippen LogP contribution in [0, 0.1) is 6.92 Å². The molecule has 2 aromatic rings. The highest BCUT2D eigenvalue weighted by Crippen LogP contribution is 2.08. The highest BCUT2D eigenvalue weighted by molar-refractivity contribution is 7.80. The summed E-state index contributed by atoms with van der Waals surface area (Å²) in [6, 6.07) is 8.11. The molecule has 0 radical (unpaired) electrons. The van der Waals surface area contributed by atoms with Crippen LogP contribution in [0.3, 0.4) is 0 Å². The highest BCUT2D eigenvalue weighted by Gasteiger charge is 1.98. The zero-order valence-corrected chi connectivity index (χ0v) is 12.8. The second-order valence-corrected chi connectivity index (χ2v) is 5.37. The molecule has 0 aliphatic heterocycles. The van der Waals surface area contributed by atoms with Crippen LogP contribution < -0.4 is 10.6 Å². The van der Waals surface area contributed by atoms with Crippen molar-refractivity contribution >= 4 is 34.6 Å². The number of nitrogens with one attached hydrogen (secondary N) is 2. The maximum Gasteiger partial charge on any atom is 0.170 e. The maximum atomic E-state index is 5.80. The lowest BCUT2D eigenvalue weighted by atomic mass is 10.2. The SMILES string of the molecule is Cc1ccc(NC(=S)NCCCn2cc(Cl)cn2)cc1. The summed E-state index contributed by atoms with van der Waals surface area (Å²) in [5.74, 6) is 0. The van der Waals surface area contributed by atoms with Gasteiger partial charge in [-0.3, -0.25) is 4.68 Å². The van der Waals surface area contributed by atoms with Gasteiger partial charge in [0.15, 0.2) is 5.11 Å². The molecule has 2 N–H and O–H groups in total. The first kappa shape index (κ1) is 14.8. The van der Waals surface area contributed by atoms with E-state index >= 15 is 0 Å². The number of halogens is 1. The van der Waals surface area contributed by atoms with Gasteiger partial charge in [-0.25, -0.2) is 0 Å². The summed E-state index contributed by atoms with van der Waals surface area (Å²) in [5, 5.41) is 11.7. The molecule has 0 saturated carbocycles. The standard InChI is InChI=1S/C14H17ClN4S/c1-11-3-5-13(6-4-11)18-14(20)16-7-2-8-19-10-12(15)9-17-19/h3-6,9-10H,2,7-8H2,1H3,(H2,16,18,20). The first-order valence-electron chi connectivity index (χ1n) is 6.43. The van der Waals surface area contributed by atoms with E-state index < -0.39 is 0 Å². The van der Waals surface area contributed by atoms with Crippen LogP contribution in [0.2, 0.25) is 5.02 Å². The molecule has 6 heteroatoms. The Bertz CT molecular complexity index is 565. The molecule has 0 unspecified atom stereocenters. The Morgan fingerprint density at radius 2 is 2.10 bits per heavy atom. The topological polar surface area (TPSA) is 41.9 Å². The van der Waals surface area contributed by atoms with Crippen molar-refractivity contribution in [2.24, 2.45) is 0 Å². The lowest BCUT2D eigenvalue weighted by Gasteiger charge is -2.10. The molecule has 1 aromatic carbocycles. The second-order valence-electron chi connectivity index (χ2n) is 4.52. The van der Waals surface area contributed by atoms with Gasteiger partial charge < -0.3 is 10.6 Å². The van der Waals surface area contributed by atoms with Crippen molar-refractivity contribution in [1.29, 1.82) is 0 Å². The molecule has 0 spiro atoms. The van der Waals surface area contributed by atoms with Crippen molar-refractivity contribution in [3.63, 3.8) is 0 Å². The van der Waals surface area contributed by atoms with Crippen LogP contribution in [0.4, 0.5) is 5.69 Å². The molecule has 1 aromatic heterocycles. The zero-order valence-electron chi connectivity index (χ0n) is 11.3. The lowest BCUT2D eigenvalue weighted by molar-refractivity contribution is 0.574. The molecule has 0 amide bonds. The van der Waals surface area contributed by atoms with E-state index in [9.17, 15) is 0 Å². The second kappa shape index (κ2) is 7.26. The van der Waals surface area contributed by atoms with Gasteiger partial charge in [0.05, 0.1) is 11.2 Å². The minimum Gasteiger partial charge on any atom is -0.362 e. The lowest BCUT2D eigenvalue weighted by Crippen LogP contribution is -2.29. The van der Waals surface area contributed by atoms with Crippen LogP contribution in [0.15, 0.2) is 36.7 Å². The first-order chi connectivity index (χ1) is 9.63. The van der Waals surface area contributed by atoms with Gasteiger partial charge in [-0.2, -0.15) is 5.10 Å². The van der Waals surface area contributed by atoms with Crippen molar-refractivity contribution in [1.82, 2.24) is 15.1 Å². The molecule has 0 aliphatic carbocycles. The van der Waals surface area contributed by atoms with Gasteiger partial charge in [0.1, 0.15) is 0 Å². The Morgan fingerprint density at radius 3 is 2.75 bits per heavy atom. The third-order valence-corrected chi connectivity index (χ3v) is 3.20. The van der Waals surface area contributed by atoms with Crippen LogP contribution in [-0.2, 0) is 6.54 Å². The van der Waals surface area contributed by atoms with E-state index in [-0.39, 0.29) is 0 Å². The van der Waals surface area contributed by atoms with E-state index in [4.69, 9.17) is 23.8 Å². The Kier molecular flexibility index (Phi) is 5.38. The minimum atomic E-state index is 0.632. The summed E-state index contributed by atoms with van der Waals surface area (Å²) in [6.45, 7) is 3.66. The normalized spacial score (nSPS) is 10.3. The molecule has 0 bridgehead atoms. The first-order valence-corrected chi connectivity index (χ1v) is 7.21. The van der Waals surface area contributed by atoms with Crippen molar-refractivity contribution in [3.05, 3.63) is 47.2 Å². The molecular weight excluding hydrogens is 292 g/mol. The fourth-order valence-electron chi connectivity index (χ4n) is 1.72. The van der Waals surface area contributed by atoms with Crippen LogP contribution in [0.1, 0.15) is 12.0 Å². The number of anilines is 1. The summed E-state index contributed by atoms with van der Waals surface area (Å²) in [7, 11) is 0. The number of aryl methyl sites for hydroxylation is 2. The summed E-state index contributed by atoms with van der Waals surface area (Å²) in [5.41, 5.74) is 2.22. The van der Waals surface area contributed by atoms with E-state index in [2.05, 4.69) is 22.7 Å². The molecule has 0 saturated heterocycles. The van der Waals surface area contributed by atoms with Crippen molar-refractivity contribution in [2.45, 2.75) is 19.9 Å². The van der Waals surface area contributed by atoms with Crippen molar-refractivity contribution in [3.8, 4) is 0 Å². The van der Waals surface area contributed by atoms with E-state index in [0.29, 0.717) is 10.1 Å². The smallest absolute Gasteiger partial charge is 0.170 e. The maximum absolute atomic E-state index is 5.80. The van der Waals surface area contributed by atoms with Gasteiger partial charge in [0.25, 0.3) is 0 Å². The van der Waals surface area contributed by atoms with Crippen molar-refractivity contribution < 1.29 is 0 Å². The third kappa shape index (κ3) is 4.83. The molecule has 0 fully saturated rings. The number of aromatic nitrogens is 2. The molecule has 1 heterocycles. The average Bonchev–Trinajstić information content (AvgIpc) is 2.83. The predicted molar refractivity (Wildman–Crippen MR) is 87.3 cm³/mol. The number of benzene rings is 1. The van der Waals surface area contributed by atoms with E-state index in [0.717, 1.165) is 25.2 Å². The van der Waals surface area contributed by atoms with Gasteiger partial charge in [0, 0.05) is 25.0 Å². The summed E-state index contributed by atoms with van der Waals surface area (Å²) >= 11 is 11.0. The number of rotatable bonds is 5. The van der Waals surface area contributed by atoms with Crippen LogP contribution in [0.5, 0.6) is 0 Å². The Balaban J connectivity index is 1.66. The van der Waals surface area contributed by atoms with Gasteiger partial charge in [-0.1, -0.05) is 29.3 Å². The highest BCUT2D eigenvalue weighted by atomic mass is 35.5. The van der Waals surface area contributed by atoms with Crippen molar-refractivity contribution in [2.75, 3.05) is 11.9 Å². The monoisotopic (exact) mass is 308 g/mol. The average molecular weight is 309 g/mol. The van der Waals surface area contributed by atoms with Gasteiger partial charge in [-0.15, -0.1) is 0 Å². The van der Waals surface area contributed by atoms with E-state index in [1.54, 1.807) is 6.20 Å². The fraction of sp³-hybridized carbons (Fsp3) is 0.286. The molecular formula is C14H17ClN4S.